The molecule has 0 aromatic carbocycles. The Bertz CT molecular complexity index is 924. The molecule has 3 heterocycles. The van der Waals surface area contributed by atoms with Gasteiger partial charge in [0.05, 0.1) is 19.4 Å². The molecule has 31 heavy (non-hydrogen) atoms. The van der Waals surface area contributed by atoms with Gasteiger partial charge in [0.15, 0.2) is 6.10 Å². The highest BCUT2D eigenvalue weighted by atomic mass is 19.4. The van der Waals surface area contributed by atoms with E-state index in [0.717, 1.165) is 5.56 Å². The predicted octanol–water partition coefficient (Wildman–Crippen LogP) is 2.83. The summed E-state index contributed by atoms with van der Waals surface area (Å²) in [6.45, 7) is 3.38. The second kappa shape index (κ2) is 10.2. The summed E-state index contributed by atoms with van der Waals surface area (Å²) >= 11 is 0. The van der Waals surface area contributed by atoms with Crippen molar-refractivity contribution in [3.63, 3.8) is 0 Å². The number of carbonyl (C=O) groups excluding carboxylic acids is 2. The van der Waals surface area contributed by atoms with Gasteiger partial charge in [-0.25, -0.2) is 0 Å². The predicted molar refractivity (Wildman–Crippen MR) is 106 cm³/mol. The van der Waals surface area contributed by atoms with E-state index in [-0.39, 0.29) is 18.2 Å². The fourth-order valence-electron chi connectivity index (χ4n) is 3.34. The van der Waals surface area contributed by atoms with E-state index in [4.69, 9.17) is 15.2 Å². The molecule has 1 aliphatic heterocycles. The van der Waals surface area contributed by atoms with Crippen LogP contribution in [0.2, 0.25) is 0 Å². The van der Waals surface area contributed by atoms with Crippen LogP contribution >= 0.6 is 0 Å². The Kier molecular flexibility index (Phi) is 7.92. The molecule has 3 rings (SSSR count). The summed E-state index contributed by atoms with van der Waals surface area (Å²) in [5.41, 5.74) is 6.98. The highest BCUT2D eigenvalue weighted by Gasteiger charge is 2.51. The molecule has 0 spiro atoms. The minimum absolute atomic E-state index is 0.0468. The lowest BCUT2D eigenvalue weighted by atomic mass is 9.86. The Hall–Kier alpha value is -3.21. The number of methoxy groups -OCH3 is 1. The summed E-state index contributed by atoms with van der Waals surface area (Å²) in [7, 11) is 1.50. The fraction of sp³-hybridized carbons (Fsp3) is 0.400. The van der Waals surface area contributed by atoms with Crippen molar-refractivity contribution in [2.24, 2.45) is 11.7 Å². The Balaban J connectivity index is 0.000000245. The van der Waals surface area contributed by atoms with E-state index >= 15 is 0 Å². The van der Waals surface area contributed by atoms with Crippen LogP contribution in [0.15, 0.2) is 30.6 Å². The minimum Gasteiger partial charge on any atom is -0.495 e. The first-order valence-corrected chi connectivity index (χ1v) is 9.24. The number of pyridine rings is 2. The van der Waals surface area contributed by atoms with Gasteiger partial charge in [-0.3, -0.25) is 19.6 Å². The van der Waals surface area contributed by atoms with Gasteiger partial charge in [-0.2, -0.15) is 13.2 Å². The van der Waals surface area contributed by atoms with Crippen LogP contribution in [-0.4, -0.2) is 48.3 Å². The highest BCUT2D eigenvalue weighted by molar-refractivity contribution is 5.92. The molecule has 11 heteroatoms. The molecule has 168 valence electrons. The topological polar surface area (TPSA) is 116 Å². The second-order valence-electron chi connectivity index (χ2n) is 6.84. The Morgan fingerprint density at radius 2 is 2.00 bits per heavy atom. The van der Waals surface area contributed by atoms with Gasteiger partial charge in [0, 0.05) is 35.5 Å². The lowest BCUT2D eigenvalue weighted by molar-refractivity contribution is -0.215. The van der Waals surface area contributed by atoms with Gasteiger partial charge in [-0.15, -0.1) is 0 Å². The SMILES string of the molecule is COc1c(C2COC(C(F)(F)F)C2C)ccnc1C.NC(=O)c1cc(NC=O)ccn1. The number of alkyl halides is 3. The van der Waals surface area contributed by atoms with Crippen molar-refractivity contribution in [1.29, 1.82) is 0 Å². The first kappa shape index (κ1) is 24.1. The number of primary amides is 1. The number of carbonyl (C=O) groups is 2. The number of nitrogens with zero attached hydrogens (tertiary/aromatic N) is 2. The number of ether oxygens (including phenoxy) is 2. The Morgan fingerprint density at radius 3 is 2.55 bits per heavy atom. The first-order valence-electron chi connectivity index (χ1n) is 9.24. The molecule has 2 amide bonds. The van der Waals surface area contributed by atoms with Crippen molar-refractivity contribution >= 4 is 18.0 Å². The normalized spacial score (nSPS) is 20.4. The third kappa shape index (κ3) is 5.91. The summed E-state index contributed by atoms with van der Waals surface area (Å²) in [6, 6.07) is 4.66. The molecule has 0 radical (unpaired) electrons. The average molecular weight is 440 g/mol. The lowest BCUT2D eigenvalue weighted by Crippen LogP contribution is -2.33. The van der Waals surface area contributed by atoms with Crippen molar-refractivity contribution < 1.29 is 32.2 Å². The van der Waals surface area contributed by atoms with Crippen LogP contribution in [0.5, 0.6) is 5.75 Å². The summed E-state index contributed by atoms with van der Waals surface area (Å²) in [4.78, 5) is 28.4. The van der Waals surface area contributed by atoms with Crippen molar-refractivity contribution in [1.82, 2.24) is 9.97 Å². The monoisotopic (exact) mass is 440 g/mol. The lowest BCUT2D eigenvalue weighted by Gasteiger charge is -2.22. The van der Waals surface area contributed by atoms with E-state index in [1.165, 1.54) is 19.4 Å². The number of aromatic nitrogens is 2. The number of anilines is 1. The van der Waals surface area contributed by atoms with Gasteiger partial charge in [0.2, 0.25) is 6.41 Å². The number of halogens is 3. The van der Waals surface area contributed by atoms with Gasteiger partial charge < -0.3 is 20.5 Å². The van der Waals surface area contributed by atoms with Crippen LogP contribution in [0.3, 0.4) is 0 Å². The quantitative estimate of drug-likeness (QED) is 0.691. The third-order valence-electron chi connectivity index (χ3n) is 4.84. The van der Waals surface area contributed by atoms with Crippen LogP contribution in [0.25, 0.3) is 0 Å². The summed E-state index contributed by atoms with van der Waals surface area (Å²) in [6.07, 6.45) is -2.55. The van der Waals surface area contributed by atoms with Crippen LogP contribution in [0.1, 0.15) is 34.6 Å². The maximum atomic E-state index is 12.8. The van der Waals surface area contributed by atoms with Crippen molar-refractivity contribution in [2.45, 2.75) is 32.0 Å². The summed E-state index contributed by atoms with van der Waals surface area (Å²) in [5.74, 6) is -1.05. The minimum atomic E-state index is -4.33. The number of nitrogens with one attached hydrogen (secondary N) is 1. The van der Waals surface area contributed by atoms with Crippen LogP contribution in [0, 0.1) is 12.8 Å². The standard InChI is InChI=1S/C13H16F3NO2.C7H7N3O2/c1-7-10(6-19-12(7)13(14,15)16)9-4-5-17-8(2)11(9)18-3;8-7(12)6-3-5(10-4-11)1-2-9-6/h4-5,7,10,12H,6H2,1-3H3;1-4H,(H2,8,12)(H,9,10,11). The molecule has 3 atom stereocenters. The number of rotatable bonds is 5. The maximum absolute atomic E-state index is 12.8. The second-order valence-corrected chi connectivity index (χ2v) is 6.84. The zero-order chi connectivity index (χ0) is 23.2. The van der Waals surface area contributed by atoms with Crippen LogP contribution < -0.4 is 15.8 Å². The number of hydrogen-bond donors (Lipinski definition) is 2. The molecule has 0 bridgehead atoms. The third-order valence-corrected chi connectivity index (χ3v) is 4.84. The van der Waals surface area contributed by atoms with E-state index in [9.17, 15) is 22.8 Å². The molecular formula is C20H23F3N4O4. The molecule has 1 aliphatic rings. The highest BCUT2D eigenvalue weighted by Crippen LogP contribution is 2.44. The fourth-order valence-corrected chi connectivity index (χ4v) is 3.34. The Morgan fingerprint density at radius 1 is 1.32 bits per heavy atom. The number of nitrogens with two attached hydrogens (primary N) is 1. The largest absolute Gasteiger partial charge is 0.495 e. The molecule has 0 aliphatic carbocycles. The van der Waals surface area contributed by atoms with Crippen molar-refractivity contribution in [2.75, 3.05) is 19.0 Å². The van der Waals surface area contributed by atoms with E-state index in [1.807, 2.05) is 0 Å². The van der Waals surface area contributed by atoms with Gasteiger partial charge in [-0.1, -0.05) is 6.92 Å². The smallest absolute Gasteiger partial charge is 0.414 e. The molecule has 1 fully saturated rings. The van der Waals surface area contributed by atoms with Crippen molar-refractivity contribution in [3.05, 3.63) is 47.5 Å². The molecule has 8 nitrogen and oxygen atoms in total. The summed E-state index contributed by atoms with van der Waals surface area (Å²) in [5, 5.41) is 2.37. The van der Waals surface area contributed by atoms with E-state index in [0.29, 0.717) is 23.5 Å². The molecular weight excluding hydrogens is 417 g/mol. The van der Waals surface area contributed by atoms with E-state index < -0.39 is 24.1 Å². The van der Waals surface area contributed by atoms with Gasteiger partial charge in [0.25, 0.3) is 5.91 Å². The molecule has 3 unspecified atom stereocenters. The van der Waals surface area contributed by atoms with E-state index in [1.54, 1.807) is 32.2 Å². The molecule has 2 aromatic heterocycles. The maximum Gasteiger partial charge on any atom is 0.414 e. The number of aryl methyl sites for hydroxylation is 1. The Labute approximate surface area is 177 Å². The molecule has 1 saturated heterocycles. The zero-order valence-electron chi connectivity index (χ0n) is 17.1. The first-order chi connectivity index (χ1) is 14.6. The zero-order valence-corrected chi connectivity index (χ0v) is 17.1. The number of amides is 2. The van der Waals surface area contributed by atoms with E-state index in [2.05, 4.69) is 15.3 Å². The van der Waals surface area contributed by atoms with Gasteiger partial charge in [-0.05, 0) is 25.1 Å². The molecule has 2 aromatic rings. The van der Waals surface area contributed by atoms with Gasteiger partial charge in [0.1, 0.15) is 11.4 Å². The molecule has 0 saturated carbocycles. The van der Waals surface area contributed by atoms with Crippen molar-refractivity contribution in [3.8, 4) is 5.75 Å². The average Bonchev–Trinajstić information content (AvgIpc) is 3.10. The number of hydrogen-bond acceptors (Lipinski definition) is 6. The van der Waals surface area contributed by atoms with Crippen LogP contribution in [0.4, 0.5) is 18.9 Å². The molecule has 3 N–H and O–H groups in total. The summed E-state index contributed by atoms with van der Waals surface area (Å²) < 4.78 is 48.6. The van der Waals surface area contributed by atoms with Crippen LogP contribution in [-0.2, 0) is 9.53 Å². The van der Waals surface area contributed by atoms with Gasteiger partial charge >= 0.3 is 6.18 Å².